The predicted octanol–water partition coefficient (Wildman–Crippen LogP) is -1.22. The van der Waals surface area contributed by atoms with Gasteiger partial charge in [-0.15, -0.1) is 0 Å². The van der Waals surface area contributed by atoms with Crippen LogP contribution >= 0.6 is 0 Å². The van der Waals surface area contributed by atoms with E-state index in [4.69, 9.17) is 17.6 Å². The average Bonchev–Trinajstić information content (AvgIpc) is 2.95. The molecule has 0 aliphatic rings. The maximum Gasteiger partial charge on any atom is 0.492 e. The van der Waals surface area contributed by atoms with Crippen LogP contribution in [0.1, 0.15) is 32.6 Å². The highest BCUT2D eigenvalue weighted by Gasteiger charge is 2.37. The molecular weight excluding hydrogens is 440 g/mol. The number of hydrogen-bond acceptors (Lipinski definition) is 10. The highest BCUT2D eigenvalue weighted by atomic mass is 28.4. The monoisotopic (exact) mass is 496 g/mol. The Morgan fingerprint density at radius 1 is 0.571 bits per heavy atom. The molecule has 0 bridgehead atoms. The summed E-state index contributed by atoms with van der Waals surface area (Å²) >= 11 is 0. The highest BCUT2D eigenvalue weighted by Crippen LogP contribution is 2.35. The number of ether oxygens (including phenoxy) is 1. The Kier molecular flexibility index (Phi) is 7.50. The zero-order valence-corrected chi connectivity index (χ0v) is 20.3. The van der Waals surface area contributed by atoms with Crippen LogP contribution in [-0.2, 0) is 4.74 Å². The summed E-state index contributed by atoms with van der Waals surface area (Å²) in [7, 11) is -13.7. The molecule has 0 aromatic heterocycles. The second kappa shape index (κ2) is 13.0. The molecule has 0 saturated carbocycles. The molecule has 0 aliphatic carbocycles. The van der Waals surface area contributed by atoms with Crippen LogP contribution in [0.25, 0.3) is 0 Å². The fourth-order valence-electron chi connectivity index (χ4n) is 3.48. The van der Waals surface area contributed by atoms with Crippen molar-refractivity contribution in [2.45, 2.75) is 74.9 Å². The van der Waals surface area contributed by atoms with Crippen LogP contribution in [0, 0.1) is 0 Å². The zero-order valence-electron chi connectivity index (χ0n) is 25.3. The molecule has 0 rings (SSSR count). The molecule has 0 saturated heterocycles. The summed E-state index contributed by atoms with van der Waals surface area (Å²) in [5.74, 6) is 0. The Morgan fingerprint density at radius 2 is 0.929 bits per heavy atom. The Bertz CT molecular complexity index is 482. The van der Waals surface area contributed by atoms with Crippen LogP contribution in [0.15, 0.2) is 0 Å². The molecular formula is C14H38O10Si4. The van der Waals surface area contributed by atoms with E-state index in [-0.39, 0.29) is 18.1 Å². The van der Waals surface area contributed by atoms with Crippen molar-refractivity contribution in [2.75, 3.05) is 13.2 Å². The normalized spacial score (nSPS) is 18.1. The van der Waals surface area contributed by atoms with Gasteiger partial charge in [-0.1, -0.05) is 43.4 Å². The average molecular weight is 497 g/mol. The predicted molar refractivity (Wildman–Crippen MR) is 112 cm³/mol. The Balaban J connectivity index is 5.79. The topological polar surface area (TPSA) is 191 Å². The van der Waals surface area contributed by atoms with Gasteiger partial charge in [0.1, 0.15) is 0 Å². The maximum absolute atomic E-state index is 7.17. The van der Waals surface area contributed by atoms with E-state index in [1.54, 1.807) is 0 Å². The second-order valence-corrected chi connectivity index (χ2v) is 18.0. The van der Waals surface area contributed by atoms with Crippen LogP contribution in [0.3, 0.4) is 0 Å². The van der Waals surface area contributed by atoms with Crippen molar-refractivity contribution in [2.24, 2.45) is 0 Å². The van der Waals surface area contributed by atoms with Gasteiger partial charge in [0, 0.05) is 31.3 Å². The molecule has 0 radical (unpaired) electrons. The van der Waals surface area contributed by atoms with Crippen molar-refractivity contribution in [1.29, 1.82) is 12.9 Å². The van der Waals surface area contributed by atoms with Crippen molar-refractivity contribution in [3.8, 4) is 0 Å². The third-order valence-electron chi connectivity index (χ3n) is 4.77. The van der Waals surface area contributed by atoms with Gasteiger partial charge in [-0.05, 0) is 13.3 Å². The Morgan fingerprint density at radius 3 is 1.25 bits per heavy atom. The van der Waals surface area contributed by atoms with E-state index in [9.17, 15) is 0 Å². The molecule has 0 spiro atoms. The smallest absolute Gasteiger partial charge is 0.390 e. The van der Waals surface area contributed by atoms with Crippen LogP contribution < -0.4 is 0 Å². The van der Waals surface area contributed by atoms with E-state index in [1.807, 2.05) is 6.92 Å². The number of rotatable bonds is 26. The van der Waals surface area contributed by atoms with Crippen molar-refractivity contribution in [1.82, 2.24) is 0 Å². The summed E-state index contributed by atoms with van der Waals surface area (Å²) < 4.78 is 70.0. The van der Waals surface area contributed by atoms with E-state index in [2.05, 4.69) is 43.2 Å². The minimum Gasteiger partial charge on any atom is -0.390 e. The lowest BCUT2D eigenvalue weighted by Gasteiger charge is -2.33. The van der Waals surface area contributed by atoms with Gasteiger partial charge in [0.05, 0.1) is 8.07 Å². The lowest BCUT2D eigenvalue weighted by molar-refractivity contribution is 0.148. The summed E-state index contributed by atoms with van der Waals surface area (Å²) in [5.41, 5.74) is 0. The first-order valence-corrected chi connectivity index (χ1v) is 18.2. The molecule has 0 aromatic carbocycles. The third-order valence-corrected chi connectivity index (χ3v) is 13.3. The van der Waals surface area contributed by atoms with E-state index >= 15 is 0 Å². The molecule has 0 amide bonds. The molecule has 14 heteroatoms. The molecule has 0 heterocycles. The van der Waals surface area contributed by atoms with Crippen molar-refractivity contribution < 1.29 is 47.9 Å². The first kappa shape index (κ1) is 16.2. The minimum atomic E-state index is -3.78. The largest absolute Gasteiger partial charge is 0.492 e. The Hall–Kier alpha value is 0.468. The lowest BCUT2D eigenvalue weighted by Crippen LogP contribution is -2.40. The van der Waals surface area contributed by atoms with Crippen molar-refractivity contribution in [3.63, 3.8) is 0 Å². The lowest BCUT2D eigenvalue weighted by atomic mass is 10.5. The van der Waals surface area contributed by atoms with Gasteiger partial charge in [-0.3, -0.25) is 0 Å². The zero-order chi connectivity index (χ0) is 28.3. The van der Waals surface area contributed by atoms with Crippen LogP contribution in [-0.4, -0.2) is 104 Å². The van der Waals surface area contributed by atoms with E-state index in [0.29, 0.717) is 50.6 Å². The van der Waals surface area contributed by atoms with E-state index in [1.165, 1.54) is 0 Å². The van der Waals surface area contributed by atoms with Gasteiger partial charge in [-0.25, -0.2) is 0 Å². The third kappa shape index (κ3) is 17.3. The summed E-state index contributed by atoms with van der Waals surface area (Å²) in [4.78, 5) is 40.1. The van der Waals surface area contributed by atoms with E-state index < -0.39 is 34.5 Å². The summed E-state index contributed by atoms with van der Waals surface area (Å²) in [6.07, 6.45) is 2.00. The molecule has 0 aliphatic heterocycles. The number of hydrogen-bond donors (Lipinski definition) is 9. The molecule has 0 aromatic rings. The summed E-state index contributed by atoms with van der Waals surface area (Å²) in [6, 6.07) is 2.83. The van der Waals surface area contributed by atoms with Gasteiger partial charge in [-0.2, -0.15) is 0 Å². The van der Waals surface area contributed by atoms with Gasteiger partial charge >= 0.3 is 26.4 Å². The summed E-state index contributed by atoms with van der Waals surface area (Å²) in [6.45, 7) is 2.96. The standard InChI is InChI=1S/C14H38O10Si4/c1-2-24-7-3-8-25(9-4-12-26(15,16)17,10-5-13-27(18,19)20)11-6-14-28(21,22)23/h15-23H,2-14H2,1H3/i15T,16T,17T,18T,19T,20T,21T,22T,23T. The molecule has 0 atom stereocenters. The van der Waals surface area contributed by atoms with Gasteiger partial charge in [0.15, 0.2) is 12.9 Å². The maximum atomic E-state index is 7.17. The highest BCUT2D eigenvalue weighted by molar-refractivity contribution is 6.80. The Labute approximate surface area is 184 Å². The second-order valence-electron chi connectivity index (χ2n) is 7.41. The first-order valence-electron chi connectivity index (χ1n) is 13.3. The van der Waals surface area contributed by atoms with Crippen LogP contribution in [0.2, 0.25) is 42.3 Å². The summed E-state index contributed by atoms with van der Waals surface area (Å²) in [5, 5.41) is 0. The molecule has 9 N–H and O–H groups in total. The van der Waals surface area contributed by atoms with Gasteiger partial charge in [0.2, 0.25) is 0 Å². The first-order chi connectivity index (χ1) is 17.7. The molecule has 28 heavy (non-hydrogen) atoms. The van der Waals surface area contributed by atoms with Crippen molar-refractivity contribution >= 4 is 34.5 Å². The molecule has 10 nitrogen and oxygen atoms in total. The molecule has 170 valence electrons. The SMILES string of the molecule is [3H]O[Si](CCC[Si](CCCOCC)(CCC[Si](O[3H])(O[3H])O[3H])CCC[Si](O[3H])(O[3H])O[3H])(O[3H])O[3H]. The van der Waals surface area contributed by atoms with Gasteiger partial charge < -0.3 is 47.9 Å². The fourth-order valence-corrected chi connectivity index (χ4v) is 11.5. The molecule has 0 fully saturated rings. The van der Waals surface area contributed by atoms with Crippen molar-refractivity contribution in [3.05, 3.63) is 0 Å². The minimum absolute atomic E-state index is 0.0596. The van der Waals surface area contributed by atoms with Crippen LogP contribution in [0.4, 0.5) is 0 Å². The fraction of sp³-hybridized carbons (Fsp3) is 1.00. The van der Waals surface area contributed by atoms with Crippen LogP contribution in [0.5, 0.6) is 0 Å². The quantitative estimate of drug-likeness (QED) is 0.0518. The van der Waals surface area contributed by atoms with Gasteiger partial charge in [0.25, 0.3) is 0 Å². The molecule has 0 unspecified atom stereocenters. The van der Waals surface area contributed by atoms with E-state index in [0.717, 1.165) is 12.5 Å².